The van der Waals surface area contributed by atoms with Crippen LogP contribution in [0.4, 0.5) is 0 Å². The van der Waals surface area contributed by atoms with E-state index in [-0.39, 0.29) is 28.8 Å². The minimum absolute atomic E-state index is 0.128. The van der Waals surface area contributed by atoms with Gasteiger partial charge in [-0.3, -0.25) is 0 Å². The summed E-state index contributed by atoms with van der Waals surface area (Å²) in [5.41, 5.74) is 3.18. The highest BCUT2D eigenvalue weighted by Crippen LogP contribution is 2.63. The van der Waals surface area contributed by atoms with Gasteiger partial charge in [0.15, 0.2) is 8.32 Å². The van der Waals surface area contributed by atoms with Crippen LogP contribution < -0.4 is 0 Å². The van der Waals surface area contributed by atoms with Gasteiger partial charge in [-0.15, -0.1) is 0 Å². The van der Waals surface area contributed by atoms with E-state index in [1.807, 2.05) is 0 Å². The van der Waals surface area contributed by atoms with Gasteiger partial charge < -0.3 is 18.6 Å². The van der Waals surface area contributed by atoms with E-state index in [2.05, 4.69) is 65.1 Å². The fraction of sp³-hybridized carbons (Fsp3) is 0.786. The molecule has 1 aromatic carbocycles. The minimum atomic E-state index is -1.76. The fourth-order valence-corrected chi connectivity index (χ4v) is 8.25. The molecule has 0 radical (unpaired) electrons. The lowest BCUT2D eigenvalue weighted by atomic mass is 9.54. The first-order chi connectivity index (χ1) is 15.6. The van der Waals surface area contributed by atoms with Crippen LogP contribution in [0.5, 0.6) is 0 Å². The van der Waals surface area contributed by atoms with E-state index in [1.54, 1.807) is 0 Å². The normalized spacial score (nSPS) is 38.2. The summed E-state index contributed by atoms with van der Waals surface area (Å²) >= 11 is 0. The largest absolute Gasteiger partial charge is 0.414 e. The highest BCUT2D eigenvalue weighted by atomic mass is 28.4. The molecule has 0 N–H and O–H groups in total. The van der Waals surface area contributed by atoms with E-state index in [0.717, 1.165) is 26.1 Å². The molecule has 0 bridgehead atoms. The maximum absolute atomic E-state index is 6.77. The Labute approximate surface area is 201 Å². The summed E-state index contributed by atoms with van der Waals surface area (Å²) in [4.78, 5) is 0. The van der Waals surface area contributed by atoms with Gasteiger partial charge in [0.1, 0.15) is 0 Å². The third-order valence-electron chi connectivity index (χ3n) is 9.90. The zero-order valence-corrected chi connectivity index (χ0v) is 22.6. The van der Waals surface area contributed by atoms with Crippen molar-refractivity contribution in [2.45, 2.75) is 95.7 Å². The Morgan fingerprint density at radius 3 is 2.64 bits per heavy atom. The van der Waals surface area contributed by atoms with Crippen molar-refractivity contribution in [3.8, 4) is 0 Å². The first kappa shape index (κ1) is 24.0. The lowest BCUT2D eigenvalue weighted by molar-refractivity contribution is -0.176. The summed E-state index contributed by atoms with van der Waals surface area (Å²) in [5, 5.41) is 0.225. The van der Waals surface area contributed by atoms with Crippen LogP contribution >= 0.6 is 0 Å². The molecular formula is C28H44O4Si. The second kappa shape index (κ2) is 8.74. The van der Waals surface area contributed by atoms with Crippen molar-refractivity contribution >= 4 is 8.32 Å². The summed E-state index contributed by atoms with van der Waals surface area (Å²) in [6.07, 6.45) is 5.31. The van der Waals surface area contributed by atoms with E-state index in [9.17, 15) is 0 Å². The van der Waals surface area contributed by atoms with E-state index >= 15 is 0 Å². The van der Waals surface area contributed by atoms with Gasteiger partial charge in [0.2, 0.25) is 0 Å². The highest BCUT2D eigenvalue weighted by molar-refractivity contribution is 6.74. The minimum Gasteiger partial charge on any atom is -0.414 e. The molecular weight excluding hydrogens is 428 g/mol. The molecule has 5 heteroatoms. The van der Waals surface area contributed by atoms with Crippen molar-refractivity contribution in [2.24, 2.45) is 17.3 Å². The van der Waals surface area contributed by atoms with Crippen molar-refractivity contribution in [1.82, 2.24) is 0 Å². The van der Waals surface area contributed by atoms with Crippen molar-refractivity contribution in [2.75, 3.05) is 26.4 Å². The third kappa shape index (κ3) is 4.16. The standard InChI is InChI=1S/C28H44O4Si/c1-27(2,3)33(5,6)32-16-15-30-24-18-28(4)22(17-23-26(28)31-14-13-29-23)21-12-11-19-9-7-8-10-20(19)25(21)24/h7-10,21-26H,11-18H2,1-6H3/t21-,22-,23?,24-,25+,26?,28-/m0/s1. The molecule has 1 saturated heterocycles. The van der Waals surface area contributed by atoms with E-state index in [0.29, 0.717) is 31.0 Å². The molecule has 3 aliphatic carbocycles. The first-order valence-electron chi connectivity index (χ1n) is 13.2. The van der Waals surface area contributed by atoms with Crippen molar-refractivity contribution in [3.63, 3.8) is 0 Å². The Bertz CT molecular complexity index is 849. The summed E-state index contributed by atoms with van der Waals surface area (Å²) in [6, 6.07) is 9.11. The second-order valence-corrected chi connectivity index (χ2v) is 17.5. The summed E-state index contributed by atoms with van der Waals surface area (Å²) in [5.74, 6) is 1.76. The molecule has 7 atom stereocenters. The molecule has 0 spiro atoms. The quantitative estimate of drug-likeness (QED) is 0.392. The van der Waals surface area contributed by atoms with Gasteiger partial charge in [-0.25, -0.2) is 0 Å². The van der Waals surface area contributed by atoms with Gasteiger partial charge in [-0.2, -0.15) is 0 Å². The van der Waals surface area contributed by atoms with Gasteiger partial charge in [-0.05, 0) is 66.8 Å². The van der Waals surface area contributed by atoms with E-state index in [4.69, 9.17) is 18.6 Å². The smallest absolute Gasteiger partial charge is 0.192 e. The third-order valence-corrected chi connectivity index (χ3v) is 14.4. The number of hydrogen-bond acceptors (Lipinski definition) is 4. The molecule has 5 rings (SSSR count). The molecule has 1 aliphatic heterocycles. The Hall–Kier alpha value is -0.723. The van der Waals surface area contributed by atoms with Gasteiger partial charge in [-0.1, -0.05) is 52.0 Å². The number of aryl methyl sites for hydroxylation is 1. The van der Waals surface area contributed by atoms with Crippen LogP contribution in [0.3, 0.4) is 0 Å². The number of rotatable bonds is 5. The number of hydrogen-bond donors (Lipinski definition) is 0. The molecule has 1 heterocycles. The highest BCUT2D eigenvalue weighted by Gasteiger charge is 2.62. The van der Waals surface area contributed by atoms with Crippen LogP contribution in [-0.4, -0.2) is 53.1 Å². The molecule has 33 heavy (non-hydrogen) atoms. The first-order valence-corrected chi connectivity index (χ1v) is 16.1. The van der Waals surface area contributed by atoms with Crippen molar-refractivity contribution in [3.05, 3.63) is 35.4 Å². The maximum Gasteiger partial charge on any atom is 0.192 e. The molecule has 2 unspecified atom stereocenters. The average Bonchev–Trinajstić information content (AvgIpc) is 3.08. The van der Waals surface area contributed by atoms with Crippen LogP contribution in [0.25, 0.3) is 0 Å². The lowest BCUT2D eigenvalue weighted by Crippen LogP contribution is -2.53. The molecule has 0 aromatic heterocycles. The Morgan fingerprint density at radius 2 is 1.85 bits per heavy atom. The monoisotopic (exact) mass is 472 g/mol. The zero-order chi connectivity index (χ0) is 23.4. The van der Waals surface area contributed by atoms with Gasteiger partial charge in [0.25, 0.3) is 0 Å². The number of ether oxygens (including phenoxy) is 3. The van der Waals surface area contributed by atoms with Crippen LogP contribution in [-0.2, 0) is 25.1 Å². The van der Waals surface area contributed by atoms with E-state index < -0.39 is 8.32 Å². The van der Waals surface area contributed by atoms with E-state index in [1.165, 1.54) is 24.0 Å². The number of fused-ring (bicyclic) bond motifs is 7. The Kier molecular flexibility index (Phi) is 6.35. The maximum atomic E-state index is 6.77. The summed E-state index contributed by atoms with van der Waals surface area (Å²) in [7, 11) is -1.76. The predicted molar refractivity (Wildman–Crippen MR) is 134 cm³/mol. The van der Waals surface area contributed by atoms with Crippen molar-refractivity contribution in [1.29, 1.82) is 0 Å². The second-order valence-electron chi connectivity index (χ2n) is 12.7. The van der Waals surface area contributed by atoms with Crippen LogP contribution in [0.2, 0.25) is 18.1 Å². The average molecular weight is 473 g/mol. The van der Waals surface area contributed by atoms with Gasteiger partial charge in [0.05, 0.1) is 44.7 Å². The lowest BCUT2D eigenvalue weighted by Gasteiger charge is -2.54. The topological polar surface area (TPSA) is 36.9 Å². The molecule has 4 aliphatic rings. The summed E-state index contributed by atoms with van der Waals surface area (Å²) < 4.78 is 25.8. The van der Waals surface area contributed by atoms with Crippen LogP contribution in [0.15, 0.2) is 24.3 Å². The molecule has 1 aromatic rings. The summed E-state index contributed by atoms with van der Waals surface area (Å²) in [6.45, 7) is 16.9. The Balaban J connectivity index is 1.37. The predicted octanol–water partition coefficient (Wildman–Crippen LogP) is 5.95. The van der Waals surface area contributed by atoms with Crippen LogP contribution in [0.1, 0.15) is 64.0 Å². The molecule has 0 amide bonds. The fourth-order valence-electron chi connectivity index (χ4n) is 7.22. The number of benzene rings is 1. The zero-order valence-electron chi connectivity index (χ0n) is 21.6. The molecule has 184 valence electrons. The SMILES string of the molecule is CC(C)(C)[Si](C)(C)OCCO[C@H]1C[C@]2(C)C3OCCOC3C[C@H]2[C@@H]2CCc3ccccc3[C@H]21. The Morgan fingerprint density at radius 1 is 1.09 bits per heavy atom. The van der Waals surface area contributed by atoms with Crippen LogP contribution in [0, 0.1) is 17.3 Å². The molecule has 3 fully saturated rings. The van der Waals surface area contributed by atoms with Gasteiger partial charge >= 0.3 is 0 Å². The molecule has 2 saturated carbocycles. The van der Waals surface area contributed by atoms with Crippen molar-refractivity contribution < 1.29 is 18.6 Å². The van der Waals surface area contributed by atoms with Gasteiger partial charge in [0, 0.05) is 11.3 Å². The molecule has 4 nitrogen and oxygen atoms in total.